The van der Waals surface area contributed by atoms with Crippen molar-refractivity contribution in [1.82, 2.24) is 15.3 Å². The molecule has 1 aromatic heterocycles. The number of hydrogen-bond acceptors (Lipinski definition) is 8. The summed E-state index contributed by atoms with van der Waals surface area (Å²) in [7, 11) is 1.50. The van der Waals surface area contributed by atoms with E-state index in [0.717, 1.165) is 0 Å². The summed E-state index contributed by atoms with van der Waals surface area (Å²) >= 11 is 0. The zero-order valence-corrected chi connectivity index (χ0v) is 19.2. The third kappa shape index (κ3) is 5.03. The molecular weight excluding hydrogens is 458 g/mol. The first-order chi connectivity index (χ1) is 17.0. The van der Waals surface area contributed by atoms with Crippen LogP contribution >= 0.6 is 0 Å². The molecular formula is C25H24F2N4O4. The molecule has 3 aromatic rings. The summed E-state index contributed by atoms with van der Waals surface area (Å²) in [5.41, 5.74) is 0.330. The Bertz CT molecular complexity index is 1160. The Morgan fingerprint density at radius 1 is 1.03 bits per heavy atom. The van der Waals surface area contributed by atoms with Gasteiger partial charge in [0.1, 0.15) is 30.0 Å². The molecule has 0 bridgehead atoms. The third-order valence-electron chi connectivity index (χ3n) is 5.53. The minimum absolute atomic E-state index is 0.0269. The van der Waals surface area contributed by atoms with Gasteiger partial charge in [-0.25, -0.2) is 23.5 Å². The predicted molar refractivity (Wildman–Crippen MR) is 123 cm³/mol. The number of halogens is 2. The zero-order chi connectivity index (χ0) is 24.8. The number of hydrogen-bond donors (Lipinski definition) is 1. The van der Waals surface area contributed by atoms with Crippen LogP contribution in [0.1, 0.15) is 34.4 Å². The van der Waals surface area contributed by atoms with Crippen molar-refractivity contribution in [3.8, 4) is 0 Å². The Morgan fingerprint density at radius 2 is 1.66 bits per heavy atom. The second-order valence-corrected chi connectivity index (χ2v) is 7.70. The molecule has 0 saturated heterocycles. The van der Waals surface area contributed by atoms with E-state index in [1.807, 2.05) is 0 Å². The number of carbonyl (C=O) groups excluding carboxylic acids is 1. The van der Waals surface area contributed by atoms with Crippen LogP contribution in [-0.2, 0) is 19.7 Å². The summed E-state index contributed by atoms with van der Waals surface area (Å²) in [5, 5.41) is 3.37. The number of amidine groups is 1. The standard InChI is InChI=1S/C25H24F2N4O4/c1-3-35-24(32)20-12-13-28-22(29-20)23-30-21(14-34-15-33-2)25(31-23,16-4-8-18(26)9-5-16)17-6-10-19(27)11-7-17/h4-13,21H,3,14-15H2,1-2H3,(H,30,31)/t21-/m0/s1. The van der Waals surface area contributed by atoms with Crippen molar-refractivity contribution >= 4 is 11.8 Å². The average molecular weight is 482 g/mol. The number of carbonyl (C=O) groups is 1. The van der Waals surface area contributed by atoms with E-state index in [1.54, 1.807) is 31.2 Å². The zero-order valence-electron chi connectivity index (χ0n) is 19.2. The van der Waals surface area contributed by atoms with Crippen LogP contribution in [-0.4, -0.2) is 54.9 Å². The molecule has 0 spiro atoms. The fraction of sp³-hybridized carbons (Fsp3) is 0.280. The van der Waals surface area contributed by atoms with Gasteiger partial charge >= 0.3 is 5.97 Å². The van der Waals surface area contributed by atoms with Crippen LogP contribution in [0.5, 0.6) is 0 Å². The van der Waals surface area contributed by atoms with Crippen LogP contribution in [0.2, 0.25) is 0 Å². The van der Waals surface area contributed by atoms with E-state index in [2.05, 4.69) is 15.3 Å². The van der Waals surface area contributed by atoms with E-state index in [4.69, 9.17) is 19.2 Å². The highest BCUT2D eigenvalue weighted by Gasteiger charge is 2.48. The molecule has 0 aliphatic carbocycles. The second-order valence-electron chi connectivity index (χ2n) is 7.70. The van der Waals surface area contributed by atoms with Crippen LogP contribution < -0.4 is 5.32 Å². The van der Waals surface area contributed by atoms with Gasteiger partial charge in [-0.1, -0.05) is 24.3 Å². The van der Waals surface area contributed by atoms with Crippen molar-refractivity contribution in [3.05, 3.63) is 95.1 Å². The van der Waals surface area contributed by atoms with E-state index in [1.165, 1.54) is 43.6 Å². The molecule has 1 aliphatic heterocycles. The molecule has 0 amide bonds. The van der Waals surface area contributed by atoms with Crippen molar-refractivity contribution in [1.29, 1.82) is 0 Å². The Hall–Kier alpha value is -3.76. The number of aliphatic imine (C=N–C) groups is 1. The maximum absolute atomic E-state index is 13.8. The Kier molecular flexibility index (Phi) is 7.42. The van der Waals surface area contributed by atoms with Gasteiger partial charge in [-0.05, 0) is 48.4 Å². The largest absolute Gasteiger partial charge is 0.461 e. The summed E-state index contributed by atoms with van der Waals surface area (Å²) in [6.45, 7) is 2.04. The minimum atomic E-state index is -1.08. The quantitative estimate of drug-likeness (QED) is 0.284. The molecule has 182 valence electrons. The van der Waals surface area contributed by atoms with Gasteiger partial charge in [0.15, 0.2) is 17.4 Å². The molecule has 4 rings (SSSR count). The lowest BCUT2D eigenvalue weighted by atomic mass is 9.78. The number of nitrogens with zero attached hydrogens (tertiary/aromatic N) is 3. The molecule has 1 aliphatic rings. The van der Waals surface area contributed by atoms with Crippen LogP contribution in [0.4, 0.5) is 8.78 Å². The molecule has 1 N–H and O–H groups in total. The summed E-state index contributed by atoms with van der Waals surface area (Å²) in [5.74, 6) is -0.938. The van der Waals surface area contributed by atoms with E-state index in [-0.39, 0.29) is 37.4 Å². The lowest BCUT2D eigenvalue weighted by molar-refractivity contribution is -0.0390. The molecule has 2 heterocycles. The lowest BCUT2D eigenvalue weighted by Crippen LogP contribution is -2.50. The molecule has 8 nitrogen and oxygen atoms in total. The molecule has 0 radical (unpaired) electrons. The lowest BCUT2D eigenvalue weighted by Gasteiger charge is -2.36. The Balaban J connectivity index is 1.82. The number of ether oxygens (including phenoxy) is 3. The van der Waals surface area contributed by atoms with Crippen molar-refractivity contribution in [3.63, 3.8) is 0 Å². The third-order valence-corrected chi connectivity index (χ3v) is 5.53. The van der Waals surface area contributed by atoms with Gasteiger partial charge in [0.25, 0.3) is 0 Å². The van der Waals surface area contributed by atoms with E-state index < -0.39 is 29.2 Å². The van der Waals surface area contributed by atoms with E-state index in [0.29, 0.717) is 11.1 Å². The number of rotatable bonds is 9. The summed E-state index contributed by atoms with van der Waals surface area (Å²) < 4.78 is 43.4. The second kappa shape index (κ2) is 10.7. The number of methoxy groups -OCH3 is 1. The number of benzene rings is 2. The molecule has 10 heteroatoms. The topological polar surface area (TPSA) is 94.9 Å². The highest BCUT2D eigenvalue weighted by atomic mass is 19.1. The minimum Gasteiger partial charge on any atom is -0.461 e. The monoisotopic (exact) mass is 482 g/mol. The maximum atomic E-state index is 13.8. The predicted octanol–water partition coefficient (Wildman–Crippen LogP) is 3.21. The highest BCUT2D eigenvalue weighted by molar-refractivity contribution is 5.99. The molecule has 2 aromatic carbocycles. The van der Waals surface area contributed by atoms with Gasteiger partial charge in [0.2, 0.25) is 0 Å². The molecule has 1 atom stereocenters. The first-order valence-electron chi connectivity index (χ1n) is 10.9. The Labute approximate surface area is 201 Å². The first-order valence-corrected chi connectivity index (χ1v) is 10.9. The normalized spacial score (nSPS) is 16.5. The summed E-state index contributed by atoms with van der Waals surface area (Å²) in [4.78, 5) is 25.6. The Morgan fingerprint density at radius 3 is 2.23 bits per heavy atom. The van der Waals surface area contributed by atoms with Crippen molar-refractivity contribution in [2.75, 3.05) is 27.1 Å². The van der Waals surface area contributed by atoms with Gasteiger partial charge < -0.3 is 19.5 Å². The fourth-order valence-electron chi connectivity index (χ4n) is 3.99. The summed E-state index contributed by atoms with van der Waals surface area (Å²) in [6, 6.07) is 12.7. The van der Waals surface area contributed by atoms with Gasteiger partial charge in [-0.2, -0.15) is 0 Å². The highest BCUT2D eigenvalue weighted by Crippen LogP contribution is 2.39. The number of aromatic nitrogens is 2. The van der Waals surface area contributed by atoms with Crippen molar-refractivity contribution in [2.45, 2.75) is 18.5 Å². The van der Waals surface area contributed by atoms with Crippen LogP contribution in [0.25, 0.3) is 0 Å². The van der Waals surface area contributed by atoms with E-state index in [9.17, 15) is 13.6 Å². The molecule has 35 heavy (non-hydrogen) atoms. The number of esters is 1. The maximum Gasteiger partial charge on any atom is 0.357 e. The first kappa shape index (κ1) is 24.4. The van der Waals surface area contributed by atoms with Crippen LogP contribution in [0.3, 0.4) is 0 Å². The van der Waals surface area contributed by atoms with Gasteiger partial charge in [-0.3, -0.25) is 4.99 Å². The van der Waals surface area contributed by atoms with Gasteiger partial charge in [-0.15, -0.1) is 0 Å². The van der Waals surface area contributed by atoms with Gasteiger partial charge in [0, 0.05) is 13.3 Å². The molecule has 0 unspecified atom stereocenters. The van der Waals surface area contributed by atoms with Crippen LogP contribution in [0, 0.1) is 11.6 Å². The molecule has 0 fully saturated rings. The van der Waals surface area contributed by atoms with Crippen LogP contribution in [0.15, 0.2) is 65.8 Å². The molecule has 0 saturated carbocycles. The van der Waals surface area contributed by atoms with Gasteiger partial charge in [0.05, 0.1) is 13.2 Å². The number of nitrogens with one attached hydrogen (secondary N) is 1. The average Bonchev–Trinajstić information content (AvgIpc) is 3.26. The smallest absolute Gasteiger partial charge is 0.357 e. The van der Waals surface area contributed by atoms with E-state index >= 15 is 0 Å². The fourth-order valence-corrected chi connectivity index (χ4v) is 3.99. The SMILES string of the molecule is CCOC(=O)c1ccnc(C2=N[C@@H](COCOC)C(c3ccc(F)cc3)(c3ccc(F)cc3)N2)n1. The van der Waals surface area contributed by atoms with Crippen molar-refractivity contribution < 1.29 is 27.8 Å². The van der Waals surface area contributed by atoms with Crippen molar-refractivity contribution in [2.24, 2.45) is 4.99 Å². The summed E-state index contributed by atoms with van der Waals surface area (Å²) in [6.07, 6.45) is 1.44.